The molecule has 0 saturated carbocycles. The Labute approximate surface area is 180 Å². The zero-order valence-electron chi connectivity index (χ0n) is 15.2. The fraction of sp³-hybridized carbons (Fsp3) is 0.0952. The second-order valence-electron chi connectivity index (χ2n) is 5.97. The highest BCUT2D eigenvalue weighted by Gasteiger charge is 2.20. The Bertz CT molecular complexity index is 1080. The summed E-state index contributed by atoms with van der Waals surface area (Å²) in [4.78, 5) is 11.7. The SMILES string of the molecule is CCC(=O)Oc1c(Cl)cc(Cl)cc1S(=O)Nc1cc(-c2ccccc2)ccc1F. The Balaban J connectivity index is 1.96. The Morgan fingerprint density at radius 2 is 1.79 bits per heavy atom. The van der Waals surface area contributed by atoms with Crippen LogP contribution in [0.1, 0.15) is 13.3 Å². The number of esters is 1. The Hall–Kier alpha value is -2.41. The van der Waals surface area contributed by atoms with Crippen LogP contribution in [0.15, 0.2) is 65.6 Å². The van der Waals surface area contributed by atoms with Crippen LogP contribution in [-0.4, -0.2) is 10.2 Å². The Morgan fingerprint density at radius 3 is 2.48 bits per heavy atom. The van der Waals surface area contributed by atoms with Crippen LogP contribution in [0.25, 0.3) is 11.1 Å². The number of hydrogen-bond donors (Lipinski definition) is 1. The van der Waals surface area contributed by atoms with E-state index >= 15 is 0 Å². The van der Waals surface area contributed by atoms with Crippen LogP contribution in [0, 0.1) is 5.82 Å². The Kier molecular flexibility index (Phi) is 6.90. The molecule has 0 amide bonds. The third-order valence-electron chi connectivity index (χ3n) is 3.95. The van der Waals surface area contributed by atoms with E-state index in [1.54, 1.807) is 19.1 Å². The first-order valence-corrected chi connectivity index (χ1v) is 10.5. The van der Waals surface area contributed by atoms with Gasteiger partial charge in [0.15, 0.2) is 16.7 Å². The highest BCUT2D eigenvalue weighted by molar-refractivity contribution is 7.86. The van der Waals surface area contributed by atoms with Crippen molar-refractivity contribution in [2.45, 2.75) is 18.2 Å². The van der Waals surface area contributed by atoms with Crippen molar-refractivity contribution >= 4 is 45.8 Å². The minimum absolute atomic E-state index is 0.0218. The molecule has 3 rings (SSSR count). The van der Waals surface area contributed by atoms with Crippen LogP contribution >= 0.6 is 23.2 Å². The number of halogens is 3. The molecule has 0 saturated heterocycles. The van der Waals surface area contributed by atoms with Gasteiger partial charge in [0.05, 0.1) is 10.7 Å². The molecule has 29 heavy (non-hydrogen) atoms. The molecular formula is C21H16Cl2FNO3S. The van der Waals surface area contributed by atoms with E-state index in [4.69, 9.17) is 27.9 Å². The molecule has 0 aliphatic heterocycles. The van der Waals surface area contributed by atoms with Crippen molar-refractivity contribution < 1.29 is 18.1 Å². The third kappa shape index (κ3) is 5.15. The molecule has 3 aromatic carbocycles. The molecule has 8 heteroatoms. The first-order chi connectivity index (χ1) is 13.9. The summed E-state index contributed by atoms with van der Waals surface area (Å²) >= 11 is 12.1. The first kappa shape index (κ1) is 21.3. The summed E-state index contributed by atoms with van der Waals surface area (Å²) in [6, 6.07) is 16.6. The minimum Gasteiger partial charge on any atom is -0.424 e. The van der Waals surface area contributed by atoms with Crippen LogP contribution in [0.5, 0.6) is 5.75 Å². The molecule has 0 spiro atoms. The fourth-order valence-electron chi connectivity index (χ4n) is 2.53. The van der Waals surface area contributed by atoms with E-state index in [0.29, 0.717) is 0 Å². The normalized spacial score (nSPS) is 11.7. The van der Waals surface area contributed by atoms with Crippen LogP contribution in [0.3, 0.4) is 0 Å². The second-order valence-corrected chi connectivity index (χ2v) is 8.00. The number of carbonyl (C=O) groups excluding carboxylic acids is 1. The van der Waals surface area contributed by atoms with Crippen molar-refractivity contribution in [2.24, 2.45) is 0 Å². The van der Waals surface area contributed by atoms with Crippen LogP contribution in [-0.2, 0) is 15.8 Å². The molecule has 0 bridgehead atoms. The molecule has 0 radical (unpaired) electrons. The molecule has 1 unspecified atom stereocenters. The van der Waals surface area contributed by atoms with Gasteiger partial charge in [0.1, 0.15) is 10.7 Å². The standard InChI is InChI=1S/C21H16Cl2FNO3S/c1-2-20(26)28-21-16(23)11-15(22)12-19(21)29(27)25-18-10-14(8-9-17(18)24)13-6-4-3-5-7-13/h3-12,25H,2H2,1H3. The maximum absolute atomic E-state index is 14.4. The maximum atomic E-state index is 14.4. The summed E-state index contributed by atoms with van der Waals surface area (Å²) in [7, 11) is -2.00. The predicted octanol–water partition coefficient (Wildman–Crippen LogP) is 6.25. The molecule has 0 heterocycles. The third-order valence-corrected chi connectivity index (χ3v) is 5.56. The highest BCUT2D eigenvalue weighted by atomic mass is 35.5. The molecule has 4 nitrogen and oxygen atoms in total. The van der Waals surface area contributed by atoms with Crippen molar-refractivity contribution in [3.8, 4) is 16.9 Å². The van der Waals surface area contributed by atoms with Gasteiger partial charge >= 0.3 is 5.97 Å². The van der Waals surface area contributed by atoms with Gasteiger partial charge in [-0.2, -0.15) is 0 Å². The van der Waals surface area contributed by atoms with E-state index in [-0.39, 0.29) is 32.8 Å². The molecular weight excluding hydrogens is 436 g/mol. The number of carbonyl (C=O) groups is 1. The molecule has 0 aliphatic rings. The van der Waals surface area contributed by atoms with Gasteiger partial charge in [0.25, 0.3) is 0 Å². The average Bonchev–Trinajstić information content (AvgIpc) is 2.71. The van der Waals surface area contributed by atoms with E-state index in [1.807, 2.05) is 30.3 Å². The molecule has 1 atom stereocenters. The number of ether oxygens (including phenoxy) is 1. The topological polar surface area (TPSA) is 55.4 Å². The van der Waals surface area contributed by atoms with Crippen molar-refractivity contribution in [3.05, 3.63) is 76.5 Å². The molecule has 3 aromatic rings. The monoisotopic (exact) mass is 451 g/mol. The van der Waals surface area contributed by atoms with E-state index in [2.05, 4.69) is 4.72 Å². The van der Waals surface area contributed by atoms with Crippen molar-refractivity contribution in [2.75, 3.05) is 4.72 Å². The highest BCUT2D eigenvalue weighted by Crippen LogP contribution is 2.36. The van der Waals surface area contributed by atoms with Gasteiger partial charge in [-0.1, -0.05) is 66.5 Å². The summed E-state index contributed by atoms with van der Waals surface area (Å²) in [5.41, 5.74) is 1.64. The summed E-state index contributed by atoms with van der Waals surface area (Å²) in [5.74, 6) is -1.21. The maximum Gasteiger partial charge on any atom is 0.310 e. The lowest BCUT2D eigenvalue weighted by Gasteiger charge is -2.14. The van der Waals surface area contributed by atoms with E-state index < -0.39 is 22.8 Å². The smallest absolute Gasteiger partial charge is 0.310 e. The molecule has 150 valence electrons. The van der Waals surface area contributed by atoms with Crippen molar-refractivity contribution in [1.82, 2.24) is 0 Å². The minimum atomic E-state index is -2.00. The number of benzene rings is 3. The lowest BCUT2D eigenvalue weighted by atomic mass is 10.1. The number of rotatable bonds is 6. The van der Waals surface area contributed by atoms with Crippen LogP contribution in [0.2, 0.25) is 10.0 Å². The molecule has 0 aliphatic carbocycles. The largest absolute Gasteiger partial charge is 0.424 e. The number of nitrogens with one attached hydrogen (secondary N) is 1. The van der Waals surface area contributed by atoms with Gasteiger partial charge in [0.2, 0.25) is 0 Å². The zero-order valence-corrected chi connectivity index (χ0v) is 17.6. The van der Waals surface area contributed by atoms with Gasteiger partial charge < -0.3 is 4.74 Å². The van der Waals surface area contributed by atoms with E-state index in [0.717, 1.165) is 11.1 Å². The lowest BCUT2D eigenvalue weighted by molar-refractivity contribution is -0.134. The molecule has 1 N–H and O–H groups in total. The van der Waals surface area contributed by atoms with Gasteiger partial charge in [-0.05, 0) is 35.4 Å². The number of hydrogen-bond acceptors (Lipinski definition) is 3. The summed E-state index contributed by atoms with van der Waals surface area (Å²) in [6.45, 7) is 1.62. The summed E-state index contributed by atoms with van der Waals surface area (Å²) in [5, 5.41) is 0.234. The van der Waals surface area contributed by atoms with Gasteiger partial charge in [-0.3, -0.25) is 9.52 Å². The van der Waals surface area contributed by atoms with Crippen molar-refractivity contribution in [1.29, 1.82) is 0 Å². The zero-order chi connectivity index (χ0) is 21.0. The first-order valence-electron chi connectivity index (χ1n) is 8.62. The van der Waals surface area contributed by atoms with Gasteiger partial charge in [0, 0.05) is 11.4 Å². The van der Waals surface area contributed by atoms with Crippen molar-refractivity contribution in [3.63, 3.8) is 0 Å². The predicted molar refractivity (Wildman–Crippen MR) is 114 cm³/mol. The molecule has 0 fully saturated rings. The van der Waals surface area contributed by atoms with E-state index in [1.165, 1.54) is 18.2 Å². The van der Waals surface area contributed by atoms with E-state index in [9.17, 15) is 13.4 Å². The van der Waals surface area contributed by atoms with Crippen LogP contribution in [0.4, 0.5) is 10.1 Å². The quantitative estimate of drug-likeness (QED) is 0.355. The number of anilines is 1. The van der Waals surface area contributed by atoms with Crippen LogP contribution < -0.4 is 9.46 Å². The Morgan fingerprint density at radius 1 is 1.07 bits per heavy atom. The summed E-state index contributed by atoms with van der Waals surface area (Å²) < 4.78 is 35.1. The van der Waals surface area contributed by atoms with Gasteiger partial charge in [-0.25, -0.2) is 8.60 Å². The lowest BCUT2D eigenvalue weighted by Crippen LogP contribution is -2.12. The molecule has 0 aromatic heterocycles. The summed E-state index contributed by atoms with van der Waals surface area (Å²) in [6.07, 6.45) is 0.103. The average molecular weight is 452 g/mol. The van der Waals surface area contributed by atoms with Gasteiger partial charge in [-0.15, -0.1) is 0 Å². The second kappa shape index (κ2) is 9.39. The fourth-order valence-corrected chi connectivity index (χ4v) is 4.20.